The van der Waals surface area contributed by atoms with Gasteiger partial charge in [-0.1, -0.05) is 12.1 Å². The minimum atomic E-state index is -0.514. The lowest BCUT2D eigenvalue weighted by molar-refractivity contribution is -0.385. The van der Waals surface area contributed by atoms with Gasteiger partial charge in [-0.25, -0.2) is 0 Å². The Morgan fingerprint density at radius 3 is 1.43 bits per heavy atom. The molecule has 21 heteroatoms. The number of hydrogen-bond donors (Lipinski definition) is 0. The average molecular weight is 905 g/mol. The van der Waals surface area contributed by atoms with Gasteiger partial charge in [0.05, 0.1) is 87.4 Å². The number of ether oxygens (including phenoxy) is 6. The third kappa shape index (κ3) is 14.9. The predicted molar refractivity (Wildman–Crippen MR) is 237 cm³/mol. The van der Waals surface area contributed by atoms with Gasteiger partial charge in [-0.3, -0.25) is 44.7 Å². The monoisotopic (exact) mass is 904 g/mol. The highest BCUT2D eigenvalue weighted by atomic mass is 16.6. The first-order valence-corrected chi connectivity index (χ1v) is 20.3. The molecule has 0 aromatic heterocycles. The zero-order valence-corrected chi connectivity index (χ0v) is 36.8. The highest BCUT2D eigenvalue weighted by Crippen LogP contribution is 2.30. The standard InChI is InChI=1S/2C15H18N2O5.C14H16N2O5/c1-11(15(18)16-5-7-22-8-6-16)9-12-3-4-13(21-2)10-14(12)17(19)20;1-11(15(18)16-5-7-22-8-6-16)9-12-3-4-14(21-2)13(10-12)17(19)20;1-20-13-4-2-11(10-12(13)16(18)19)3-5-14(17)15-6-8-21-9-7-15/h2*3-4,9-10H,5-8H2,1-2H3;2-5,10H,6-9H2,1H3/b2*11-9+;5-3+. The van der Waals surface area contributed by atoms with Gasteiger partial charge in [-0.05, 0) is 67.5 Å². The lowest BCUT2D eigenvalue weighted by atomic mass is 10.1. The van der Waals surface area contributed by atoms with Crippen LogP contribution in [-0.4, -0.2) is 147 Å². The number of carbonyl (C=O) groups is 3. The van der Waals surface area contributed by atoms with Crippen molar-refractivity contribution in [3.05, 3.63) is 119 Å². The largest absolute Gasteiger partial charge is 0.497 e. The van der Waals surface area contributed by atoms with Crippen molar-refractivity contribution in [2.45, 2.75) is 13.8 Å². The molecule has 3 amide bonds. The van der Waals surface area contributed by atoms with E-state index >= 15 is 0 Å². The van der Waals surface area contributed by atoms with E-state index in [1.807, 2.05) is 0 Å². The Labute approximate surface area is 374 Å². The number of methoxy groups -OCH3 is 3. The maximum atomic E-state index is 12.3. The van der Waals surface area contributed by atoms with Gasteiger partial charge in [0.2, 0.25) is 17.7 Å². The first-order chi connectivity index (χ1) is 31.2. The Bertz CT molecular complexity index is 2280. The fourth-order valence-electron chi connectivity index (χ4n) is 6.52. The number of hydrogen-bond acceptors (Lipinski definition) is 15. The Hall–Kier alpha value is -7.23. The smallest absolute Gasteiger partial charge is 0.311 e. The summed E-state index contributed by atoms with van der Waals surface area (Å²) in [6.45, 7) is 9.85. The molecule has 0 unspecified atom stereocenters. The first-order valence-electron chi connectivity index (χ1n) is 20.3. The first kappa shape index (κ1) is 50.4. The van der Waals surface area contributed by atoms with Crippen LogP contribution in [0.15, 0.2) is 71.8 Å². The highest BCUT2D eigenvalue weighted by Gasteiger charge is 2.22. The van der Waals surface area contributed by atoms with E-state index in [0.29, 0.717) is 112 Å². The number of rotatable bonds is 12. The van der Waals surface area contributed by atoms with E-state index in [1.54, 1.807) is 65.0 Å². The summed E-state index contributed by atoms with van der Waals surface area (Å²) < 4.78 is 30.5. The van der Waals surface area contributed by atoms with Crippen LogP contribution in [-0.2, 0) is 28.6 Å². The zero-order valence-electron chi connectivity index (χ0n) is 36.8. The average Bonchev–Trinajstić information content (AvgIpc) is 3.33. The van der Waals surface area contributed by atoms with E-state index in [-0.39, 0.29) is 46.3 Å². The number of carbonyl (C=O) groups excluding carboxylic acids is 3. The van der Waals surface area contributed by atoms with Crippen molar-refractivity contribution in [2.75, 3.05) is 100 Å². The molecule has 0 aliphatic carbocycles. The third-order valence-corrected chi connectivity index (χ3v) is 10.0. The number of amides is 3. The van der Waals surface area contributed by atoms with Gasteiger partial charge in [0.15, 0.2) is 11.5 Å². The van der Waals surface area contributed by atoms with E-state index in [9.17, 15) is 44.7 Å². The van der Waals surface area contributed by atoms with Crippen LogP contribution >= 0.6 is 0 Å². The fourth-order valence-corrected chi connectivity index (χ4v) is 6.52. The Morgan fingerprint density at radius 2 is 0.985 bits per heavy atom. The molecule has 3 aliphatic rings. The summed E-state index contributed by atoms with van der Waals surface area (Å²) in [6.07, 6.45) is 6.15. The topological polar surface area (TPSA) is 246 Å². The normalized spacial score (nSPS) is 15.4. The predicted octanol–water partition coefficient (Wildman–Crippen LogP) is 5.21. The van der Waals surface area contributed by atoms with Crippen molar-refractivity contribution in [3.8, 4) is 17.2 Å². The molecule has 65 heavy (non-hydrogen) atoms. The minimum Gasteiger partial charge on any atom is -0.497 e. The van der Waals surface area contributed by atoms with Gasteiger partial charge in [0, 0.05) is 68.6 Å². The second-order valence-corrected chi connectivity index (χ2v) is 14.3. The van der Waals surface area contributed by atoms with Gasteiger partial charge >= 0.3 is 11.4 Å². The van der Waals surface area contributed by atoms with Crippen LogP contribution < -0.4 is 14.2 Å². The van der Waals surface area contributed by atoms with Gasteiger partial charge in [0.25, 0.3) is 5.69 Å². The maximum absolute atomic E-state index is 12.3. The van der Waals surface area contributed by atoms with Crippen molar-refractivity contribution in [1.82, 2.24) is 14.7 Å². The number of benzene rings is 3. The van der Waals surface area contributed by atoms with E-state index in [1.165, 1.54) is 63.8 Å². The molecule has 0 N–H and O–H groups in total. The Morgan fingerprint density at radius 1 is 0.554 bits per heavy atom. The maximum Gasteiger partial charge on any atom is 0.311 e. The van der Waals surface area contributed by atoms with Crippen LogP contribution in [0.5, 0.6) is 17.2 Å². The lowest BCUT2D eigenvalue weighted by Crippen LogP contribution is -2.41. The van der Waals surface area contributed by atoms with Crippen molar-refractivity contribution < 1.29 is 57.6 Å². The Balaban J connectivity index is 0.000000213. The lowest BCUT2D eigenvalue weighted by Gasteiger charge is -2.27. The molecule has 0 atom stereocenters. The molecule has 0 saturated carbocycles. The van der Waals surface area contributed by atoms with E-state index < -0.39 is 14.8 Å². The SMILES string of the molecule is COc1ccc(/C=C(\C)C(=O)N2CCOCC2)c([N+](=O)[O-])c1.COc1ccc(/C=C(\C)C(=O)N2CCOCC2)cc1[N+](=O)[O-].COc1ccc(/C=C/C(=O)N2CCOCC2)cc1[N+](=O)[O-]. The molecule has 348 valence electrons. The third-order valence-electron chi connectivity index (χ3n) is 10.0. The van der Waals surface area contributed by atoms with Gasteiger partial charge < -0.3 is 43.1 Å². The summed E-state index contributed by atoms with van der Waals surface area (Å²) in [5.41, 5.74) is 2.19. The Kier molecular flexibility index (Phi) is 19.5. The summed E-state index contributed by atoms with van der Waals surface area (Å²) in [4.78, 5) is 73.2. The van der Waals surface area contributed by atoms with Crippen LogP contribution in [0, 0.1) is 30.3 Å². The minimum absolute atomic E-state index is 0.0817. The molecule has 21 nitrogen and oxygen atoms in total. The number of nitro groups is 3. The van der Waals surface area contributed by atoms with Gasteiger partial charge in [0.1, 0.15) is 5.75 Å². The van der Waals surface area contributed by atoms with Crippen molar-refractivity contribution in [1.29, 1.82) is 0 Å². The summed E-state index contributed by atoms with van der Waals surface area (Å²) in [7, 11) is 4.20. The van der Waals surface area contributed by atoms with E-state index in [2.05, 4.69) is 0 Å². The van der Waals surface area contributed by atoms with Crippen molar-refractivity contribution >= 4 is 53.0 Å². The zero-order chi connectivity index (χ0) is 47.5. The molecule has 3 aromatic rings. The molecular weight excluding hydrogens is 853 g/mol. The molecule has 3 aromatic carbocycles. The number of nitro benzene ring substituents is 3. The molecule has 3 aliphatic heterocycles. The highest BCUT2D eigenvalue weighted by molar-refractivity contribution is 5.98. The summed E-state index contributed by atoms with van der Waals surface area (Å²) in [6, 6.07) is 13.7. The second kappa shape index (κ2) is 25.2. The molecule has 0 spiro atoms. The van der Waals surface area contributed by atoms with Crippen molar-refractivity contribution in [2.24, 2.45) is 0 Å². The van der Waals surface area contributed by atoms with E-state index in [4.69, 9.17) is 28.4 Å². The molecule has 0 bridgehead atoms. The van der Waals surface area contributed by atoms with Crippen LogP contribution in [0.25, 0.3) is 18.2 Å². The molecule has 3 heterocycles. The van der Waals surface area contributed by atoms with Crippen molar-refractivity contribution in [3.63, 3.8) is 0 Å². The van der Waals surface area contributed by atoms with Crippen LogP contribution in [0.2, 0.25) is 0 Å². The van der Waals surface area contributed by atoms with Gasteiger partial charge in [-0.2, -0.15) is 0 Å². The quantitative estimate of drug-likeness (QED) is 0.129. The summed E-state index contributed by atoms with van der Waals surface area (Å²) in [5.74, 6) is 0.448. The number of morpholine rings is 3. The van der Waals surface area contributed by atoms with Crippen LogP contribution in [0.4, 0.5) is 17.1 Å². The summed E-state index contributed by atoms with van der Waals surface area (Å²) in [5, 5.41) is 33.1. The molecule has 0 radical (unpaired) electrons. The molecule has 3 saturated heterocycles. The van der Waals surface area contributed by atoms with Crippen LogP contribution in [0.1, 0.15) is 30.5 Å². The fraction of sp³-hybridized carbons (Fsp3) is 0.386. The second-order valence-electron chi connectivity index (χ2n) is 14.3. The summed E-state index contributed by atoms with van der Waals surface area (Å²) >= 11 is 0. The van der Waals surface area contributed by atoms with Gasteiger partial charge in [-0.15, -0.1) is 0 Å². The molecular formula is C44H52N6O15. The molecule has 6 rings (SSSR count). The van der Waals surface area contributed by atoms with Crippen LogP contribution in [0.3, 0.4) is 0 Å². The molecule has 3 fully saturated rings. The van der Waals surface area contributed by atoms with E-state index in [0.717, 1.165) is 0 Å². The number of nitrogens with zero attached hydrogens (tertiary/aromatic N) is 6.